The zero-order valence-electron chi connectivity index (χ0n) is 9.33. The molecule has 0 saturated carbocycles. The molecule has 0 unspecified atom stereocenters. The molecule has 0 aliphatic rings. The molecule has 16 heavy (non-hydrogen) atoms. The minimum Gasteiger partial charge on any atom is -0.487 e. The Labute approximate surface area is 93.2 Å². The molecule has 0 aliphatic heterocycles. The first-order valence-electron chi connectivity index (χ1n) is 5.13. The summed E-state index contributed by atoms with van der Waals surface area (Å²) in [6.07, 6.45) is 1.70. The lowest BCUT2D eigenvalue weighted by Crippen LogP contribution is -2.01. The van der Waals surface area contributed by atoms with Crippen LogP contribution in [0.2, 0.25) is 0 Å². The monoisotopic (exact) mass is 227 g/mol. The van der Waals surface area contributed by atoms with Crippen LogP contribution in [-0.4, -0.2) is 11.5 Å². The Morgan fingerprint density at radius 2 is 2.19 bits per heavy atom. The molecule has 0 aromatic heterocycles. The van der Waals surface area contributed by atoms with Crippen LogP contribution in [0.1, 0.15) is 25.3 Å². The number of benzene rings is 1. The number of aryl methyl sites for hydroxylation is 1. The van der Waals surface area contributed by atoms with E-state index in [9.17, 15) is 14.5 Å². The van der Waals surface area contributed by atoms with Crippen LogP contribution >= 0.6 is 0 Å². The third-order valence-corrected chi connectivity index (χ3v) is 2.19. The van der Waals surface area contributed by atoms with Crippen LogP contribution in [0, 0.1) is 22.9 Å². The van der Waals surface area contributed by atoms with Gasteiger partial charge in [-0.1, -0.05) is 13.3 Å². The van der Waals surface area contributed by atoms with Gasteiger partial charge in [0.1, 0.15) is 5.82 Å². The fourth-order valence-corrected chi connectivity index (χ4v) is 1.23. The van der Waals surface area contributed by atoms with Gasteiger partial charge < -0.3 is 4.74 Å². The van der Waals surface area contributed by atoms with Gasteiger partial charge in [-0.05, 0) is 18.9 Å². The van der Waals surface area contributed by atoms with Crippen LogP contribution in [0.25, 0.3) is 0 Å². The second-order valence-electron chi connectivity index (χ2n) is 3.53. The van der Waals surface area contributed by atoms with E-state index in [0.717, 1.165) is 18.9 Å². The Hall–Kier alpha value is -1.65. The van der Waals surface area contributed by atoms with E-state index in [1.807, 2.05) is 6.92 Å². The number of rotatable bonds is 5. The molecular formula is C11H14FNO3. The molecule has 0 bridgehead atoms. The van der Waals surface area contributed by atoms with Gasteiger partial charge in [-0.25, -0.2) is 4.39 Å². The maximum atomic E-state index is 13.2. The average Bonchev–Trinajstić information content (AvgIpc) is 2.23. The highest BCUT2D eigenvalue weighted by atomic mass is 19.1. The number of ether oxygens (including phenoxy) is 1. The molecule has 5 heteroatoms. The van der Waals surface area contributed by atoms with Crippen molar-refractivity contribution in [2.45, 2.75) is 26.7 Å². The first-order chi connectivity index (χ1) is 7.56. The Morgan fingerprint density at radius 1 is 1.50 bits per heavy atom. The molecule has 0 amide bonds. The highest BCUT2D eigenvalue weighted by molar-refractivity contribution is 5.49. The second-order valence-corrected chi connectivity index (χ2v) is 3.53. The zero-order valence-corrected chi connectivity index (χ0v) is 9.33. The largest absolute Gasteiger partial charge is 0.487 e. The molecule has 0 saturated heterocycles. The molecular weight excluding hydrogens is 213 g/mol. The van der Waals surface area contributed by atoms with Gasteiger partial charge in [-0.15, -0.1) is 0 Å². The van der Waals surface area contributed by atoms with Gasteiger partial charge in [0.2, 0.25) is 0 Å². The summed E-state index contributed by atoms with van der Waals surface area (Å²) in [6, 6.07) is 2.26. The maximum Gasteiger partial charge on any atom is 0.311 e. The van der Waals surface area contributed by atoms with Gasteiger partial charge in [0.25, 0.3) is 0 Å². The number of nitrogens with zero attached hydrogens (tertiary/aromatic N) is 1. The standard InChI is InChI=1S/C11H14FNO3/c1-3-4-5-16-11-7-9(12)8(2)6-10(11)13(14)15/h6-7H,3-5H2,1-2H3. The highest BCUT2D eigenvalue weighted by Crippen LogP contribution is 2.29. The minimum atomic E-state index is -0.562. The SMILES string of the molecule is CCCCOc1cc(F)c(C)cc1[N+](=O)[O-]. The zero-order chi connectivity index (χ0) is 12.1. The van der Waals surface area contributed by atoms with Crippen LogP contribution in [0.5, 0.6) is 5.75 Å². The third kappa shape index (κ3) is 2.92. The summed E-state index contributed by atoms with van der Waals surface area (Å²) in [6.45, 7) is 3.82. The number of halogens is 1. The van der Waals surface area contributed by atoms with E-state index in [0.29, 0.717) is 6.61 Å². The average molecular weight is 227 g/mol. The Balaban J connectivity index is 2.95. The van der Waals surface area contributed by atoms with Crippen molar-refractivity contribution >= 4 is 5.69 Å². The van der Waals surface area contributed by atoms with E-state index < -0.39 is 10.7 Å². The van der Waals surface area contributed by atoms with E-state index in [4.69, 9.17) is 4.74 Å². The molecule has 0 spiro atoms. The Kier molecular flexibility index (Phi) is 4.22. The molecule has 0 heterocycles. The summed E-state index contributed by atoms with van der Waals surface area (Å²) >= 11 is 0. The molecule has 4 nitrogen and oxygen atoms in total. The fraction of sp³-hybridized carbons (Fsp3) is 0.455. The van der Waals surface area contributed by atoms with Crippen LogP contribution in [-0.2, 0) is 0 Å². The van der Waals surface area contributed by atoms with Crippen molar-refractivity contribution in [3.05, 3.63) is 33.6 Å². The highest BCUT2D eigenvalue weighted by Gasteiger charge is 2.17. The molecule has 1 aromatic carbocycles. The molecule has 1 aromatic rings. The summed E-state index contributed by atoms with van der Waals surface area (Å²) in [5.41, 5.74) is 0.0598. The van der Waals surface area contributed by atoms with E-state index in [1.54, 1.807) is 0 Å². The number of nitro benzene ring substituents is 1. The van der Waals surface area contributed by atoms with Crippen molar-refractivity contribution in [1.29, 1.82) is 0 Å². The minimum absolute atomic E-state index is 0.00144. The normalized spacial score (nSPS) is 10.2. The summed E-state index contributed by atoms with van der Waals surface area (Å²) in [5.74, 6) is -0.487. The molecule has 1 rings (SSSR count). The Morgan fingerprint density at radius 3 is 2.75 bits per heavy atom. The lowest BCUT2D eigenvalue weighted by atomic mass is 10.2. The maximum absolute atomic E-state index is 13.2. The first-order valence-corrected chi connectivity index (χ1v) is 5.13. The van der Waals surface area contributed by atoms with Crippen LogP contribution in [0.4, 0.5) is 10.1 Å². The van der Waals surface area contributed by atoms with Crippen molar-refractivity contribution in [2.75, 3.05) is 6.61 Å². The number of hydrogen-bond acceptors (Lipinski definition) is 3. The van der Waals surface area contributed by atoms with Crippen LogP contribution < -0.4 is 4.74 Å². The van der Waals surface area contributed by atoms with Crippen LogP contribution in [0.15, 0.2) is 12.1 Å². The molecule has 0 aliphatic carbocycles. The molecule has 88 valence electrons. The summed E-state index contributed by atoms with van der Waals surface area (Å²) in [4.78, 5) is 10.2. The van der Waals surface area contributed by atoms with Crippen molar-refractivity contribution in [2.24, 2.45) is 0 Å². The predicted octanol–water partition coefficient (Wildman–Crippen LogP) is 3.22. The fourth-order valence-electron chi connectivity index (χ4n) is 1.23. The lowest BCUT2D eigenvalue weighted by Gasteiger charge is -2.07. The van der Waals surface area contributed by atoms with Crippen molar-refractivity contribution < 1.29 is 14.1 Å². The molecule has 0 fully saturated rings. The lowest BCUT2D eigenvalue weighted by molar-refractivity contribution is -0.386. The van der Waals surface area contributed by atoms with Crippen LogP contribution in [0.3, 0.4) is 0 Å². The van der Waals surface area contributed by atoms with E-state index in [-0.39, 0.29) is 17.0 Å². The number of nitro groups is 1. The van der Waals surface area contributed by atoms with Gasteiger partial charge in [-0.3, -0.25) is 10.1 Å². The quantitative estimate of drug-likeness (QED) is 0.441. The first kappa shape index (κ1) is 12.4. The predicted molar refractivity (Wildman–Crippen MR) is 58.2 cm³/mol. The van der Waals surface area contributed by atoms with Gasteiger partial charge in [0, 0.05) is 12.1 Å². The summed E-state index contributed by atoms with van der Waals surface area (Å²) in [5, 5.41) is 10.7. The van der Waals surface area contributed by atoms with Gasteiger partial charge in [0.15, 0.2) is 5.75 Å². The van der Waals surface area contributed by atoms with Gasteiger partial charge in [-0.2, -0.15) is 0 Å². The third-order valence-electron chi connectivity index (χ3n) is 2.19. The van der Waals surface area contributed by atoms with Crippen molar-refractivity contribution in [1.82, 2.24) is 0 Å². The van der Waals surface area contributed by atoms with E-state index in [2.05, 4.69) is 0 Å². The molecule has 0 N–H and O–H groups in total. The smallest absolute Gasteiger partial charge is 0.311 e. The molecule has 0 radical (unpaired) electrons. The van der Waals surface area contributed by atoms with Gasteiger partial charge >= 0.3 is 5.69 Å². The number of hydrogen-bond donors (Lipinski definition) is 0. The summed E-state index contributed by atoms with van der Waals surface area (Å²) in [7, 11) is 0. The van der Waals surface area contributed by atoms with Crippen molar-refractivity contribution in [3.63, 3.8) is 0 Å². The summed E-state index contributed by atoms with van der Waals surface area (Å²) < 4.78 is 18.4. The van der Waals surface area contributed by atoms with Crippen molar-refractivity contribution in [3.8, 4) is 5.75 Å². The van der Waals surface area contributed by atoms with E-state index >= 15 is 0 Å². The molecule has 0 atom stereocenters. The second kappa shape index (κ2) is 5.44. The topological polar surface area (TPSA) is 52.4 Å². The number of unbranched alkanes of at least 4 members (excludes halogenated alkanes) is 1. The Bertz CT molecular complexity index is 393. The van der Waals surface area contributed by atoms with E-state index in [1.165, 1.54) is 13.0 Å². The van der Waals surface area contributed by atoms with Gasteiger partial charge in [0.05, 0.1) is 11.5 Å².